The average Bonchev–Trinajstić information content (AvgIpc) is 3.59. The summed E-state index contributed by atoms with van der Waals surface area (Å²) in [6.07, 6.45) is 3.84. The van der Waals surface area contributed by atoms with Gasteiger partial charge in [-0.15, -0.1) is 0 Å². The Balaban J connectivity index is 1.40. The number of fused-ring (bicyclic) bond motifs is 1. The van der Waals surface area contributed by atoms with Crippen molar-refractivity contribution in [2.24, 2.45) is 0 Å². The maximum atomic E-state index is 12.6. The van der Waals surface area contributed by atoms with Crippen molar-refractivity contribution in [3.8, 4) is 11.3 Å². The number of nitrogens with one attached hydrogen (secondary N) is 1. The number of carbonyl (C=O) groups is 1. The van der Waals surface area contributed by atoms with Gasteiger partial charge in [0.25, 0.3) is 5.91 Å². The standard InChI is InChI=1S/C23H18N4O/c28-23(20-12-13-24-22(26-20)16-9-10-16)27-21-7-3-6-19(25-21)18-11-8-15-4-1-2-5-17(15)14-18/h1-8,11-14,16H,9-10H2,(H,25,27,28). The number of hydrogen-bond acceptors (Lipinski definition) is 4. The van der Waals surface area contributed by atoms with Crippen LogP contribution in [0.5, 0.6) is 0 Å². The van der Waals surface area contributed by atoms with Crippen molar-refractivity contribution in [3.05, 3.63) is 84.4 Å². The number of aromatic nitrogens is 3. The molecule has 1 aliphatic carbocycles. The molecule has 0 atom stereocenters. The minimum atomic E-state index is -0.271. The van der Waals surface area contributed by atoms with Crippen molar-refractivity contribution in [3.63, 3.8) is 0 Å². The number of benzene rings is 2. The second-order valence-electron chi connectivity index (χ2n) is 7.00. The summed E-state index contributed by atoms with van der Waals surface area (Å²) >= 11 is 0. The summed E-state index contributed by atoms with van der Waals surface area (Å²) in [6, 6.07) is 21.7. The summed E-state index contributed by atoms with van der Waals surface area (Å²) in [4.78, 5) is 25.9. The zero-order valence-corrected chi connectivity index (χ0v) is 15.2. The van der Waals surface area contributed by atoms with Gasteiger partial charge in [-0.2, -0.15) is 0 Å². The fourth-order valence-electron chi connectivity index (χ4n) is 3.23. The van der Waals surface area contributed by atoms with Gasteiger partial charge in [-0.3, -0.25) is 4.79 Å². The van der Waals surface area contributed by atoms with Crippen molar-refractivity contribution in [2.45, 2.75) is 18.8 Å². The highest BCUT2D eigenvalue weighted by atomic mass is 16.1. The van der Waals surface area contributed by atoms with Gasteiger partial charge in [-0.1, -0.05) is 42.5 Å². The van der Waals surface area contributed by atoms with Crippen LogP contribution in [0.1, 0.15) is 35.1 Å². The normalized spacial score (nSPS) is 13.4. The Morgan fingerprint density at radius 2 is 1.75 bits per heavy atom. The van der Waals surface area contributed by atoms with E-state index in [1.807, 2.05) is 30.3 Å². The van der Waals surface area contributed by atoms with Gasteiger partial charge < -0.3 is 5.32 Å². The highest BCUT2D eigenvalue weighted by molar-refractivity contribution is 6.02. The van der Waals surface area contributed by atoms with Crippen LogP contribution >= 0.6 is 0 Å². The van der Waals surface area contributed by atoms with Gasteiger partial charge in [-0.25, -0.2) is 15.0 Å². The van der Waals surface area contributed by atoms with Crippen LogP contribution in [0, 0.1) is 0 Å². The summed E-state index contributed by atoms with van der Waals surface area (Å²) in [5.74, 6) is 1.39. The van der Waals surface area contributed by atoms with Crippen LogP contribution in [0.25, 0.3) is 22.0 Å². The van der Waals surface area contributed by atoms with Gasteiger partial charge in [0, 0.05) is 17.7 Å². The third-order valence-corrected chi connectivity index (χ3v) is 4.89. The molecule has 1 fully saturated rings. The third kappa shape index (κ3) is 3.34. The van der Waals surface area contributed by atoms with E-state index in [2.05, 4.69) is 44.5 Å². The Hall–Kier alpha value is -3.60. The Kier molecular flexibility index (Phi) is 4.05. The molecule has 4 aromatic rings. The summed E-state index contributed by atoms with van der Waals surface area (Å²) in [5.41, 5.74) is 2.19. The molecular formula is C23H18N4O. The monoisotopic (exact) mass is 366 g/mol. The summed E-state index contributed by atoms with van der Waals surface area (Å²) in [7, 11) is 0. The number of carbonyl (C=O) groups excluding carboxylic acids is 1. The molecule has 1 saturated carbocycles. The Bertz CT molecular complexity index is 1180. The predicted molar refractivity (Wildman–Crippen MR) is 109 cm³/mol. The highest BCUT2D eigenvalue weighted by Crippen LogP contribution is 2.37. The van der Waals surface area contributed by atoms with E-state index in [-0.39, 0.29) is 5.91 Å². The number of amides is 1. The summed E-state index contributed by atoms with van der Waals surface area (Å²) in [5, 5.41) is 5.20. The molecule has 1 aliphatic rings. The molecule has 2 aromatic carbocycles. The lowest BCUT2D eigenvalue weighted by molar-refractivity contribution is 0.102. The van der Waals surface area contributed by atoms with Crippen LogP contribution in [-0.2, 0) is 0 Å². The van der Waals surface area contributed by atoms with E-state index in [4.69, 9.17) is 0 Å². The number of nitrogens with zero attached hydrogens (tertiary/aromatic N) is 3. The Morgan fingerprint density at radius 1 is 0.893 bits per heavy atom. The van der Waals surface area contributed by atoms with Crippen molar-refractivity contribution in [2.75, 3.05) is 5.32 Å². The molecule has 28 heavy (non-hydrogen) atoms. The first-order chi connectivity index (χ1) is 13.8. The Labute approximate surface area is 162 Å². The topological polar surface area (TPSA) is 67.8 Å². The molecule has 136 valence electrons. The molecule has 5 nitrogen and oxygen atoms in total. The molecule has 5 rings (SSSR count). The fourth-order valence-corrected chi connectivity index (χ4v) is 3.23. The van der Waals surface area contributed by atoms with Crippen LogP contribution in [0.4, 0.5) is 5.82 Å². The van der Waals surface area contributed by atoms with Crippen LogP contribution in [0.2, 0.25) is 0 Å². The average molecular weight is 366 g/mol. The molecule has 0 unspecified atom stereocenters. The van der Waals surface area contributed by atoms with Gasteiger partial charge in [0.2, 0.25) is 0 Å². The van der Waals surface area contributed by atoms with Gasteiger partial charge in [0.05, 0.1) is 5.69 Å². The molecule has 0 bridgehead atoms. The molecule has 2 heterocycles. The zero-order valence-electron chi connectivity index (χ0n) is 15.2. The minimum Gasteiger partial charge on any atom is -0.305 e. The maximum Gasteiger partial charge on any atom is 0.275 e. The predicted octanol–water partition coefficient (Wildman–Crippen LogP) is 4.82. The first-order valence-electron chi connectivity index (χ1n) is 9.37. The quantitative estimate of drug-likeness (QED) is 0.562. The van der Waals surface area contributed by atoms with E-state index in [9.17, 15) is 4.79 Å². The Morgan fingerprint density at radius 3 is 2.61 bits per heavy atom. The van der Waals surface area contributed by atoms with Crippen LogP contribution < -0.4 is 5.32 Å². The van der Waals surface area contributed by atoms with Crippen molar-refractivity contribution in [1.29, 1.82) is 0 Å². The van der Waals surface area contributed by atoms with Crippen molar-refractivity contribution >= 4 is 22.5 Å². The molecule has 0 radical (unpaired) electrons. The summed E-state index contributed by atoms with van der Waals surface area (Å²) in [6.45, 7) is 0. The SMILES string of the molecule is O=C(Nc1cccc(-c2ccc3ccccc3c2)n1)c1ccnc(C2CC2)n1. The second kappa shape index (κ2) is 6.85. The number of anilines is 1. The van der Waals surface area contributed by atoms with Crippen LogP contribution in [0.15, 0.2) is 72.9 Å². The van der Waals surface area contributed by atoms with Crippen molar-refractivity contribution < 1.29 is 4.79 Å². The molecule has 0 spiro atoms. The number of pyridine rings is 1. The molecular weight excluding hydrogens is 348 g/mol. The minimum absolute atomic E-state index is 0.271. The van der Waals surface area contributed by atoms with E-state index in [0.29, 0.717) is 17.4 Å². The maximum absolute atomic E-state index is 12.6. The zero-order chi connectivity index (χ0) is 18.9. The van der Waals surface area contributed by atoms with E-state index in [0.717, 1.165) is 35.3 Å². The van der Waals surface area contributed by atoms with E-state index >= 15 is 0 Å². The first-order valence-corrected chi connectivity index (χ1v) is 9.37. The molecule has 5 heteroatoms. The smallest absolute Gasteiger partial charge is 0.275 e. The lowest BCUT2D eigenvalue weighted by Crippen LogP contribution is -2.15. The van der Waals surface area contributed by atoms with E-state index in [1.165, 1.54) is 5.39 Å². The molecule has 0 aliphatic heterocycles. The molecule has 0 saturated heterocycles. The second-order valence-corrected chi connectivity index (χ2v) is 7.00. The first kappa shape index (κ1) is 16.6. The molecule has 1 N–H and O–H groups in total. The van der Waals surface area contributed by atoms with Crippen molar-refractivity contribution in [1.82, 2.24) is 15.0 Å². The van der Waals surface area contributed by atoms with E-state index in [1.54, 1.807) is 18.3 Å². The molecule has 2 aromatic heterocycles. The molecule has 1 amide bonds. The number of hydrogen-bond donors (Lipinski definition) is 1. The lowest BCUT2D eigenvalue weighted by atomic mass is 10.0. The van der Waals surface area contributed by atoms with Gasteiger partial charge in [-0.05, 0) is 47.9 Å². The van der Waals surface area contributed by atoms with Gasteiger partial charge in [0.1, 0.15) is 17.3 Å². The van der Waals surface area contributed by atoms with Gasteiger partial charge >= 0.3 is 0 Å². The van der Waals surface area contributed by atoms with Crippen LogP contribution in [-0.4, -0.2) is 20.9 Å². The summed E-state index contributed by atoms with van der Waals surface area (Å²) < 4.78 is 0. The van der Waals surface area contributed by atoms with Crippen LogP contribution in [0.3, 0.4) is 0 Å². The van der Waals surface area contributed by atoms with Gasteiger partial charge in [0.15, 0.2) is 0 Å². The van der Waals surface area contributed by atoms with E-state index < -0.39 is 0 Å². The largest absolute Gasteiger partial charge is 0.305 e. The number of rotatable bonds is 4. The fraction of sp³-hybridized carbons (Fsp3) is 0.130. The third-order valence-electron chi connectivity index (χ3n) is 4.89. The highest BCUT2D eigenvalue weighted by Gasteiger charge is 2.27. The lowest BCUT2D eigenvalue weighted by Gasteiger charge is -2.08.